The Bertz CT molecular complexity index is 272. The number of urea groups is 1. The predicted molar refractivity (Wildman–Crippen MR) is 45.9 cm³/mol. The van der Waals surface area contributed by atoms with Crippen molar-refractivity contribution in [3.8, 4) is 0 Å². The summed E-state index contributed by atoms with van der Waals surface area (Å²) in [6, 6.07) is 0.0309. The first-order valence-corrected chi connectivity index (χ1v) is 4.64. The van der Waals surface area contributed by atoms with Crippen LogP contribution in [0.25, 0.3) is 0 Å². The van der Waals surface area contributed by atoms with Gasteiger partial charge >= 0.3 is 6.03 Å². The summed E-state index contributed by atoms with van der Waals surface area (Å²) in [5, 5.41) is 2.75. The lowest BCUT2D eigenvalue weighted by molar-refractivity contribution is 0.216. The van der Waals surface area contributed by atoms with Crippen LogP contribution in [0.1, 0.15) is 4.88 Å². The van der Waals surface area contributed by atoms with Gasteiger partial charge in [-0.25, -0.2) is 4.79 Å². The van der Waals surface area contributed by atoms with Crippen LogP contribution < -0.4 is 5.32 Å². The fourth-order valence-corrected chi connectivity index (χ4v) is 1.78. The van der Waals surface area contributed by atoms with Crippen LogP contribution in [-0.4, -0.2) is 29.0 Å². The second kappa shape index (κ2) is 3.10. The SMILES string of the molecule is O=C1NCCN1Cc1cncs1. The number of hydrogen-bond donors (Lipinski definition) is 1. The maximum absolute atomic E-state index is 11.1. The lowest BCUT2D eigenvalue weighted by Gasteiger charge is -2.11. The van der Waals surface area contributed by atoms with Crippen LogP contribution in [0.4, 0.5) is 4.79 Å². The minimum atomic E-state index is 0.0309. The van der Waals surface area contributed by atoms with E-state index in [1.165, 1.54) is 0 Å². The summed E-state index contributed by atoms with van der Waals surface area (Å²) in [5.74, 6) is 0. The number of carbonyl (C=O) groups is 1. The van der Waals surface area contributed by atoms with Crippen LogP contribution in [-0.2, 0) is 6.54 Å². The zero-order valence-corrected chi connectivity index (χ0v) is 7.30. The summed E-state index contributed by atoms with van der Waals surface area (Å²) in [6.45, 7) is 2.25. The smallest absolute Gasteiger partial charge is 0.317 e. The molecule has 2 amide bonds. The minimum Gasteiger partial charge on any atom is -0.336 e. The Labute approximate surface area is 74.2 Å². The Morgan fingerprint density at radius 2 is 2.67 bits per heavy atom. The molecule has 1 aromatic heterocycles. The summed E-state index contributed by atoms with van der Waals surface area (Å²) in [6.07, 6.45) is 1.80. The Kier molecular flexibility index (Phi) is 1.95. The van der Waals surface area contributed by atoms with Gasteiger partial charge in [-0.2, -0.15) is 0 Å². The molecule has 1 aliphatic heterocycles. The van der Waals surface area contributed by atoms with E-state index in [0.717, 1.165) is 18.0 Å². The van der Waals surface area contributed by atoms with E-state index in [1.807, 2.05) is 0 Å². The van der Waals surface area contributed by atoms with Gasteiger partial charge in [-0.15, -0.1) is 11.3 Å². The Morgan fingerprint density at radius 3 is 3.25 bits per heavy atom. The molecular weight excluding hydrogens is 174 g/mol. The quantitative estimate of drug-likeness (QED) is 0.732. The molecule has 1 fully saturated rings. The van der Waals surface area contributed by atoms with Crippen LogP contribution in [0.5, 0.6) is 0 Å². The normalized spacial score (nSPS) is 16.7. The van der Waals surface area contributed by atoms with Gasteiger partial charge < -0.3 is 10.2 Å². The lowest BCUT2D eigenvalue weighted by Crippen LogP contribution is -2.27. The van der Waals surface area contributed by atoms with Gasteiger partial charge in [0.25, 0.3) is 0 Å². The minimum absolute atomic E-state index is 0.0309. The number of aromatic nitrogens is 1. The van der Waals surface area contributed by atoms with Crippen molar-refractivity contribution < 1.29 is 4.79 Å². The molecule has 0 aromatic carbocycles. The molecule has 12 heavy (non-hydrogen) atoms. The summed E-state index contributed by atoms with van der Waals surface area (Å²) in [7, 11) is 0. The van der Waals surface area contributed by atoms with Crippen molar-refractivity contribution >= 4 is 17.4 Å². The average Bonchev–Trinajstić information content (AvgIpc) is 2.65. The molecule has 0 aliphatic carbocycles. The van der Waals surface area contributed by atoms with E-state index in [1.54, 1.807) is 27.9 Å². The summed E-state index contributed by atoms with van der Waals surface area (Å²) >= 11 is 1.58. The zero-order valence-electron chi connectivity index (χ0n) is 6.49. The van der Waals surface area contributed by atoms with Gasteiger partial charge in [-0.1, -0.05) is 0 Å². The standard InChI is InChI=1S/C7H9N3OS/c11-7-9-1-2-10(7)4-6-3-8-5-12-6/h3,5H,1-2,4H2,(H,9,11). The summed E-state index contributed by atoms with van der Waals surface area (Å²) < 4.78 is 0. The second-order valence-corrected chi connectivity index (χ2v) is 3.59. The van der Waals surface area contributed by atoms with Gasteiger partial charge in [0.15, 0.2) is 0 Å². The number of hydrogen-bond acceptors (Lipinski definition) is 3. The molecule has 0 saturated carbocycles. The van der Waals surface area contributed by atoms with Gasteiger partial charge in [0.2, 0.25) is 0 Å². The molecule has 0 atom stereocenters. The maximum Gasteiger partial charge on any atom is 0.317 e. The average molecular weight is 183 g/mol. The van der Waals surface area contributed by atoms with Crippen LogP contribution in [0.15, 0.2) is 11.7 Å². The molecule has 0 bridgehead atoms. The van der Waals surface area contributed by atoms with Crippen molar-refractivity contribution in [3.05, 3.63) is 16.6 Å². The summed E-state index contributed by atoms with van der Waals surface area (Å²) in [4.78, 5) is 18.0. The first-order chi connectivity index (χ1) is 5.86. The molecular formula is C7H9N3OS. The molecule has 64 valence electrons. The van der Waals surface area contributed by atoms with Gasteiger partial charge in [0, 0.05) is 24.2 Å². The molecule has 2 rings (SSSR count). The van der Waals surface area contributed by atoms with Gasteiger partial charge in [0.05, 0.1) is 12.1 Å². The molecule has 5 heteroatoms. The van der Waals surface area contributed by atoms with E-state index >= 15 is 0 Å². The molecule has 2 heterocycles. The molecule has 0 spiro atoms. The van der Waals surface area contributed by atoms with E-state index in [-0.39, 0.29) is 6.03 Å². The maximum atomic E-state index is 11.1. The number of rotatable bonds is 2. The Hall–Kier alpha value is -1.10. The molecule has 0 unspecified atom stereocenters. The number of nitrogens with zero attached hydrogens (tertiary/aromatic N) is 2. The third-order valence-electron chi connectivity index (χ3n) is 1.78. The number of amides is 2. The predicted octanol–water partition coefficient (Wildman–Crippen LogP) is 0.668. The highest BCUT2D eigenvalue weighted by molar-refractivity contribution is 7.09. The van der Waals surface area contributed by atoms with Crippen molar-refractivity contribution in [1.29, 1.82) is 0 Å². The van der Waals surface area contributed by atoms with Crippen molar-refractivity contribution in [3.63, 3.8) is 0 Å². The van der Waals surface area contributed by atoms with Crippen molar-refractivity contribution in [2.24, 2.45) is 0 Å². The van der Waals surface area contributed by atoms with Crippen LogP contribution in [0.3, 0.4) is 0 Å². The first kappa shape index (κ1) is 7.54. The van der Waals surface area contributed by atoms with Crippen LogP contribution in [0, 0.1) is 0 Å². The third-order valence-corrected chi connectivity index (χ3v) is 2.54. The fraction of sp³-hybridized carbons (Fsp3) is 0.429. The van der Waals surface area contributed by atoms with Crippen molar-refractivity contribution in [2.45, 2.75) is 6.54 Å². The van der Waals surface area contributed by atoms with Gasteiger partial charge in [0.1, 0.15) is 0 Å². The Balaban J connectivity index is 1.99. The fourth-order valence-electron chi connectivity index (χ4n) is 1.17. The van der Waals surface area contributed by atoms with E-state index in [2.05, 4.69) is 10.3 Å². The van der Waals surface area contributed by atoms with Gasteiger partial charge in [-0.05, 0) is 0 Å². The number of nitrogens with one attached hydrogen (secondary N) is 1. The van der Waals surface area contributed by atoms with E-state index < -0.39 is 0 Å². The first-order valence-electron chi connectivity index (χ1n) is 3.76. The van der Waals surface area contributed by atoms with E-state index in [4.69, 9.17) is 0 Å². The molecule has 0 radical (unpaired) electrons. The lowest BCUT2D eigenvalue weighted by atomic mass is 10.5. The van der Waals surface area contributed by atoms with Crippen LogP contribution in [0.2, 0.25) is 0 Å². The van der Waals surface area contributed by atoms with Crippen LogP contribution >= 0.6 is 11.3 Å². The monoisotopic (exact) mass is 183 g/mol. The Morgan fingerprint density at radius 1 is 1.75 bits per heavy atom. The third kappa shape index (κ3) is 1.40. The largest absolute Gasteiger partial charge is 0.336 e. The van der Waals surface area contributed by atoms with Crippen molar-refractivity contribution in [1.82, 2.24) is 15.2 Å². The van der Waals surface area contributed by atoms with Gasteiger partial charge in [-0.3, -0.25) is 4.98 Å². The highest BCUT2D eigenvalue weighted by atomic mass is 32.1. The molecule has 4 nitrogen and oxygen atoms in total. The molecule has 1 N–H and O–H groups in total. The topological polar surface area (TPSA) is 45.2 Å². The molecule has 1 aliphatic rings. The summed E-state index contributed by atoms with van der Waals surface area (Å²) in [5.41, 5.74) is 1.78. The van der Waals surface area contributed by atoms with E-state index in [0.29, 0.717) is 6.54 Å². The van der Waals surface area contributed by atoms with E-state index in [9.17, 15) is 4.79 Å². The van der Waals surface area contributed by atoms with Crippen molar-refractivity contribution in [2.75, 3.05) is 13.1 Å². The highest BCUT2D eigenvalue weighted by Gasteiger charge is 2.19. The highest BCUT2D eigenvalue weighted by Crippen LogP contribution is 2.10. The number of thiazole rings is 1. The molecule has 1 aromatic rings. The number of carbonyl (C=O) groups excluding carboxylic acids is 1. The zero-order chi connectivity index (χ0) is 8.39. The molecule has 1 saturated heterocycles. The second-order valence-electron chi connectivity index (χ2n) is 2.62.